The van der Waals surface area contributed by atoms with E-state index in [4.69, 9.17) is 14.2 Å². The second-order valence-corrected chi connectivity index (χ2v) is 4.92. The minimum atomic E-state index is -0.309. The van der Waals surface area contributed by atoms with E-state index in [1.54, 1.807) is 20.3 Å². The fourth-order valence-corrected chi connectivity index (χ4v) is 2.20. The van der Waals surface area contributed by atoms with Crippen molar-refractivity contribution < 1.29 is 19.0 Å². The third kappa shape index (κ3) is 5.46. The normalized spacial score (nSPS) is 12.4. The van der Waals surface area contributed by atoms with E-state index in [2.05, 4.69) is 11.8 Å². The number of esters is 1. The fraction of sp³-hybridized carbons (Fsp3) is 0.562. The van der Waals surface area contributed by atoms with Crippen molar-refractivity contribution in [2.45, 2.75) is 19.5 Å². The Morgan fingerprint density at radius 1 is 1.19 bits per heavy atom. The maximum atomic E-state index is 11.8. The molecule has 0 heterocycles. The van der Waals surface area contributed by atoms with E-state index in [-0.39, 0.29) is 12.0 Å². The van der Waals surface area contributed by atoms with Crippen LogP contribution in [-0.2, 0) is 20.8 Å². The maximum Gasteiger partial charge on any atom is 0.338 e. The van der Waals surface area contributed by atoms with Crippen LogP contribution in [0.4, 0.5) is 0 Å². The zero-order valence-electron chi connectivity index (χ0n) is 13.3. The van der Waals surface area contributed by atoms with Crippen molar-refractivity contribution in [3.8, 4) is 0 Å². The molecule has 1 aromatic carbocycles. The number of carbonyl (C=O) groups excluding carboxylic acids is 1. The van der Waals surface area contributed by atoms with Gasteiger partial charge in [-0.05, 0) is 18.6 Å². The van der Waals surface area contributed by atoms with Gasteiger partial charge in [0.05, 0.1) is 25.9 Å². The molecule has 0 N–H and O–H groups in total. The standard InChI is InChI=1S/C16H25NO4/c1-13(12-20-3)17(9-10-19-2)11-14-7-5-6-8-15(14)16(18)21-4/h5-8,13H,9-12H2,1-4H3. The van der Waals surface area contributed by atoms with Crippen LogP contribution in [0.5, 0.6) is 0 Å². The third-order valence-electron chi connectivity index (χ3n) is 3.41. The first kappa shape index (κ1) is 17.6. The van der Waals surface area contributed by atoms with Gasteiger partial charge < -0.3 is 14.2 Å². The summed E-state index contributed by atoms with van der Waals surface area (Å²) in [5.74, 6) is -0.309. The average molecular weight is 295 g/mol. The van der Waals surface area contributed by atoms with Gasteiger partial charge in [0, 0.05) is 33.4 Å². The highest BCUT2D eigenvalue weighted by Gasteiger charge is 2.18. The Morgan fingerprint density at radius 3 is 2.52 bits per heavy atom. The molecule has 118 valence electrons. The first-order chi connectivity index (χ1) is 10.1. The molecule has 0 saturated heterocycles. The molecule has 0 aliphatic heterocycles. The summed E-state index contributed by atoms with van der Waals surface area (Å²) in [6.45, 7) is 4.79. The first-order valence-electron chi connectivity index (χ1n) is 7.02. The van der Waals surface area contributed by atoms with Crippen LogP contribution >= 0.6 is 0 Å². The molecule has 0 bridgehead atoms. The lowest BCUT2D eigenvalue weighted by molar-refractivity contribution is 0.0587. The molecular weight excluding hydrogens is 270 g/mol. The first-order valence-corrected chi connectivity index (χ1v) is 7.02. The van der Waals surface area contributed by atoms with Crippen LogP contribution in [0, 0.1) is 0 Å². The van der Waals surface area contributed by atoms with E-state index in [9.17, 15) is 4.79 Å². The fourth-order valence-electron chi connectivity index (χ4n) is 2.20. The van der Waals surface area contributed by atoms with Gasteiger partial charge in [-0.3, -0.25) is 4.90 Å². The Labute approximate surface area is 126 Å². The van der Waals surface area contributed by atoms with Gasteiger partial charge in [-0.25, -0.2) is 4.79 Å². The molecule has 0 fully saturated rings. The van der Waals surface area contributed by atoms with Gasteiger partial charge in [0.25, 0.3) is 0 Å². The maximum absolute atomic E-state index is 11.8. The van der Waals surface area contributed by atoms with Crippen molar-refractivity contribution in [2.75, 3.05) is 41.1 Å². The van der Waals surface area contributed by atoms with Crippen molar-refractivity contribution in [2.24, 2.45) is 0 Å². The van der Waals surface area contributed by atoms with Crippen LogP contribution in [0.15, 0.2) is 24.3 Å². The quantitative estimate of drug-likeness (QED) is 0.652. The number of ether oxygens (including phenoxy) is 3. The molecule has 0 spiro atoms. The van der Waals surface area contributed by atoms with E-state index < -0.39 is 0 Å². The van der Waals surface area contributed by atoms with Crippen LogP contribution in [-0.4, -0.2) is 58.0 Å². The molecule has 0 amide bonds. The second kappa shape index (κ2) is 9.50. The van der Waals surface area contributed by atoms with E-state index in [1.807, 2.05) is 18.2 Å². The number of rotatable bonds is 9. The van der Waals surface area contributed by atoms with Gasteiger partial charge in [0.2, 0.25) is 0 Å². The van der Waals surface area contributed by atoms with Gasteiger partial charge in [-0.1, -0.05) is 18.2 Å². The monoisotopic (exact) mass is 295 g/mol. The largest absolute Gasteiger partial charge is 0.465 e. The SMILES string of the molecule is COCCN(Cc1ccccc1C(=O)OC)C(C)COC. The summed E-state index contributed by atoms with van der Waals surface area (Å²) in [6.07, 6.45) is 0. The molecule has 1 unspecified atom stereocenters. The Kier molecular flexibility index (Phi) is 7.97. The predicted octanol–water partition coefficient (Wildman–Crippen LogP) is 1.96. The number of hydrogen-bond acceptors (Lipinski definition) is 5. The minimum Gasteiger partial charge on any atom is -0.465 e. The van der Waals surface area contributed by atoms with Crippen molar-refractivity contribution in [3.05, 3.63) is 35.4 Å². The number of carbonyl (C=O) groups is 1. The van der Waals surface area contributed by atoms with Crippen LogP contribution in [0.2, 0.25) is 0 Å². The number of nitrogens with zero attached hydrogens (tertiary/aromatic N) is 1. The number of benzene rings is 1. The van der Waals surface area contributed by atoms with Crippen molar-refractivity contribution >= 4 is 5.97 Å². The van der Waals surface area contributed by atoms with E-state index in [1.165, 1.54) is 7.11 Å². The van der Waals surface area contributed by atoms with E-state index in [0.717, 1.165) is 12.1 Å². The van der Waals surface area contributed by atoms with Gasteiger partial charge in [-0.2, -0.15) is 0 Å². The lowest BCUT2D eigenvalue weighted by Gasteiger charge is -2.29. The molecule has 5 heteroatoms. The molecule has 1 aromatic rings. The summed E-state index contributed by atoms with van der Waals surface area (Å²) < 4.78 is 15.2. The van der Waals surface area contributed by atoms with Gasteiger partial charge in [0.15, 0.2) is 0 Å². The highest BCUT2D eigenvalue weighted by atomic mass is 16.5. The summed E-state index contributed by atoms with van der Waals surface area (Å²) in [4.78, 5) is 14.1. The Balaban J connectivity index is 2.89. The lowest BCUT2D eigenvalue weighted by atomic mass is 10.1. The predicted molar refractivity (Wildman–Crippen MR) is 81.4 cm³/mol. The summed E-state index contributed by atoms with van der Waals surface area (Å²) in [7, 11) is 4.77. The molecule has 0 radical (unpaired) electrons. The second-order valence-electron chi connectivity index (χ2n) is 4.92. The molecule has 0 aliphatic rings. The molecule has 1 rings (SSSR count). The van der Waals surface area contributed by atoms with Gasteiger partial charge >= 0.3 is 5.97 Å². The Morgan fingerprint density at radius 2 is 1.90 bits per heavy atom. The summed E-state index contributed by atoms with van der Waals surface area (Å²) >= 11 is 0. The van der Waals surface area contributed by atoms with Gasteiger partial charge in [0.1, 0.15) is 0 Å². The van der Waals surface area contributed by atoms with Crippen LogP contribution in [0.1, 0.15) is 22.8 Å². The third-order valence-corrected chi connectivity index (χ3v) is 3.41. The van der Waals surface area contributed by atoms with Crippen molar-refractivity contribution in [3.63, 3.8) is 0 Å². The molecule has 1 atom stereocenters. The summed E-state index contributed by atoms with van der Waals surface area (Å²) in [5.41, 5.74) is 1.55. The minimum absolute atomic E-state index is 0.232. The Hall–Kier alpha value is -1.43. The molecule has 21 heavy (non-hydrogen) atoms. The molecule has 0 aliphatic carbocycles. The van der Waals surface area contributed by atoms with E-state index >= 15 is 0 Å². The Bertz CT molecular complexity index is 436. The van der Waals surface area contributed by atoms with Gasteiger partial charge in [-0.15, -0.1) is 0 Å². The average Bonchev–Trinajstić information content (AvgIpc) is 2.51. The van der Waals surface area contributed by atoms with Crippen LogP contribution < -0.4 is 0 Å². The molecular formula is C16H25NO4. The van der Waals surface area contributed by atoms with E-state index in [0.29, 0.717) is 25.3 Å². The van der Waals surface area contributed by atoms with Crippen molar-refractivity contribution in [1.82, 2.24) is 4.90 Å². The summed E-state index contributed by atoms with van der Waals surface area (Å²) in [6, 6.07) is 7.74. The van der Waals surface area contributed by atoms with Crippen LogP contribution in [0.25, 0.3) is 0 Å². The molecule has 0 saturated carbocycles. The lowest BCUT2D eigenvalue weighted by Crippen LogP contribution is -2.38. The zero-order valence-corrected chi connectivity index (χ0v) is 13.3. The smallest absolute Gasteiger partial charge is 0.338 e. The molecule has 5 nitrogen and oxygen atoms in total. The highest BCUT2D eigenvalue weighted by molar-refractivity contribution is 5.90. The highest BCUT2D eigenvalue weighted by Crippen LogP contribution is 2.15. The summed E-state index contributed by atoms with van der Waals surface area (Å²) in [5, 5.41) is 0. The number of methoxy groups -OCH3 is 3. The molecule has 0 aromatic heterocycles. The van der Waals surface area contributed by atoms with Crippen LogP contribution in [0.3, 0.4) is 0 Å². The zero-order chi connectivity index (χ0) is 15.7. The topological polar surface area (TPSA) is 48.0 Å². The van der Waals surface area contributed by atoms with Crippen molar-refractivity contribution in [1.29, 1.82) is 0 Å². The number of hydrogen-bond donors (Lipinski definition) is 0.